The second kappa shape index (κ2) is 10.9. The molecule has 0 aliphatic carbocycles. The van der Waals surface area contributed by atoms with Crippen molar-refractivity contribution in [2.45, 2.75) is 64.2 Å². The van der Waals surface area contributed by atoms with Crippen LogP contribution in [-0.4, -0.2) is 35.6 Å². The van der Waals surface area contributed by atoms with E-state index in [0.29, 0.717) is 55.6 Å². The van der Waals surface area contributed by atoms with Gasteiger partial charge in [-0.3, -0.25) is 9.59 Å². The number of alkyl halides is 2. The molecule has 3 rings (SSSR count). The van der Waals surface area contributed by atoms with Crippen LogP contribution in [0, 0.1) is 5.92 Å². The van der Waals surface area contributed by atoms with Gasteiger partial charge >= 0.3 is 0 Å². The number of aromatic nitrogens is 1. The molecule has 2 heterocycles. The zero-order chi connectivity index (χ0) is 23.1. The van der Waals surface area contributed by atoms with Gasteiger partial charge in [0.05, 0.1) is 6.54 Å². The second-order valence-electron chi connectivity index (χ2n) is 8.67. The molecule has 0 saturated carbocycles. The van der Waals surface area contributed by atoms with E-state index < -0.39 is 11.8 Å². The molecule has 1 aliphatic rings. The van der Waals surface area contributed by atoms with Crippen molar-refractivity contribution in [1.82, 2.24) is 10.3 Å². The van der Waals surface area contributed by atoms with Crippen molar-refractivity contribution in [2.24, 2.45) is 5.92 Å². The fourth-order valence-electron chi connectivity index (χ4n) is 4.23. The molecule has 2 aromatic rings. The lowest BCUT2D eigenvalue weighted by Gasteiger charge is -2.31. The van der Waals surface area contributed by atoms with Gasteiger partial charge in [-0.05, 0) is 43.5 Å². The number of hydrogen-bond donors (Lipinski definition) is 1. The predicted octanol–water partition coefficient (Wildman–Crippen LogP) is 5.81. The van der Waals surface area contributed by atoms with Crippen LogP contribution in [0.15, 0.2) is 42.5 Å². The Morgan fingerprint density at radius 2 is 1.91 bits per heavy atom. The van der Waals surface area contributed by atoms with Crippen LogP contribution in [0.2, 0.25) is 0 Å². The molecule has 6 heteroatoms. The summed E-state index contributed by atoms with van der Waals surface area (Å²) >= 11 is 0. The Morgan fingerprint density at radius 1 is 1.16 bits per heavy atom. The summed E-state index contributed by atoms with van der Waals surface area (Å²) in [5.74, 6) is -3.53. The monoisotopic (exact) mass is 442 g/mol. The largest absolute Gasteiger partial charge is 0.311 e. The first-order chi connectivity index (χ1) is 15.3. The summed E-state index contributed by atoms with van der Waals surface area (Å²) < 4.78 is 27.9. The number of ketones is 2. The van der Waals surface area contributed by atoms with Crippen molar-refractivity contribution in [3.63, 3.8) is 0 Å². The average Bonchev–Trinajstić information content (AvgIpc) is 2.81. The van der Waals surface area contributed by atoms with E-state index in [2.05, 4.69) is 10.3 Å². The molecule has 1 aromatic carbocycles. The summed E-state index contributed by atoms with van der Waals surface area (Å²) in [4.78, 5) is 29.8. The summed E-state index contributed by atoms with van der Waals surface area (Å²) in [5.41, 5.74) is 2.53. The highest BCUT2D eigenvalue weighted by Gasteiger charge is 2.40. The third-order valence-corrected chi connectivity index (χ3v) is 6.35. The first-order valence-electron chi connectivity index (χ1n) is 11.5. The number of piperidine rings is 1. The summed E-state index contributed by atoms with van der Waals surface area (Å²) in [6.45, 7) is 4.14. The SMILES string of the molecule is CCC(=O)c1cc(C(=O)CCCC[C@@H]2CCNCC2(F)F)cc([C@@H](C)c2ccccc2)n1. The van der Waals surface area contributed by atoms with Gasteiger partial charge in [-0.2, -0.15) is 0 Å². The normalized spacial score (nSPS) is 18.8. The molecular weight excluding hydrogens is 410 g/mol. The lowest BCUT2D eigenvalue weighted by atomic mass is 9.88. The number of hydrogen-bond acceptors (Lipinski definition) is 4. The lowest BCUT2D eigenvalue weighted by molar-refractivity contribution is -0.0765. The molecule has 1 fully saturated rings. The van der Waals surface area contributed by atoms with Crippen molar-refractivity contribution >= 4 is 11.6 Å². The van der Waals surface area contributed by atoms with E-state index in [9.17, 15) is 18.4 Å². The van der Waals surface area contributed by atoms with Crippen LogP contribution < -0.4 is 5.32 Å². The van der Waals surface area contributed by atoms with Crippen molar-refractivity contribution in [3.05, 3.63) is 65.0 Å². The van der Waals surface area contributed by atoms with E-state index in [0.717, 1.165) is 5.56 Å². The number of nitrogens with one attached hydrogen (secondary N) is 1. The third kappa shape index (κ3) is 6.06. The number of benzene rings is 1. The Labute approximate surface area is 188 Å². The smallest absolute Gasteiger partial charge is 0.263 e. The third-order valence-electron chi connectivity index (χ3n) is 6.35. The van der Waals surface area contributed by atoms with E-state index in [-0.39, 0.29) is 30.4 Å². The van der Waals surface area contributed by atoms with Crippen LogP contribution in [0.1, 0.15) is 90.4 Å². The zero-order valence-electron chi connectivity index (χ0n) is 18.9. The van der Waals surface area contributed by atoms with Gasteiger partial charge in [0.2, 0.25) is 0 Å². The van der Waals surface area contributed by atoms with Crippen molar-refractivity contribution < 1.29 is 18.4 Å². The number of nitrogens with zero attached hydrogens (tertiary/aromatic N) is 1. The Morgan fingerprint density at radius 3 is 2.59 bits per heavy atom. The molecule has 0 unspecified atom stereocenters. The van der Waals surface area contributed by atoms with Crippen LogP contribution in [-0.2, 0) is 0 Å². The van der Waals surface area contributed by atoms with E-state index in [1.807, 2.05) is 37.3 Å². The minimum atomic E-state index is -2.68. The molecule has 0 spiro atoms. The fourth-order valence-corrected chi connectivity index (χ4v) is 4.23. The maximum Gasteiger partial charge on any atom is 0.263 e. The molecule has 32 heavy (non-hydrogen) atoms. The summed E-state index contributed by atoms with van der Waals surface area (Å²) in [6.07, 6.45) is 2.63. The molecule has 1 aromatic heterocycles. The summed E-state index contributed by atoms with van der Waals surface area (Å²) in [5, 5.41) is 2.74. The van der Waals surface area contributed by atoms with Gasteiger partial charge < -0.3 is 5.32 Å². The Bertz CT molecular complexity index is 931. The minimum Gasteiger partial charge on any atom is -0.311 e. The second-order valence-corrected chi connectivity index (χ2v) is 8.67. The number of carbonyl (C=O) groups excluding carboxylic acids is 2. The lowest BCUT2D eigenvalue weighted by Crippen LogP contribution is -2.45. The number of carbonyl (C=O) groups is 2. The van der Waals surface area contributed by atoms with Gasteiger partial charge in [0.25, 0.3) is 5.92 Å². The van der Waals surface area contributed by atoms with E-state index >= 15 is 0 Å². The van der Waals surface area contributed by atoms with Gasteiger partial charge in [0.15, 0.2) is 11.6 Å². The van der Waals surface area contributed by atoms with Crippen molar-refractivity contribution in [1.29, 1.82) is 0 Å². The zero-order valence-corrected chi connectivity index (χ0v) is 18.9. The quantitative estimate of drug-likeness (QED) is 0.372. The van der Waals surface area contributed by atoms with Gasteiger partial charge in [0, 0.05) is 35.9 Å². The van der Waals surface area contributed by atoms with Crippen LogP contribution in [0.5, 0.6) is 0 Å². The minimum absolute atomic E-state index is 0.0606. The van der Waals surface area contributed by atoms with E-state index in [1.165, 1.54) is 0 Å². The molecule has 0 bridgehead atoms. The maximum absolute atomic E-state index is 14.0. The Balaban J connectivity index is 1.68. The fraction of sp³-hybridized carbons (Fsp3) is 0.500. The molecule has 172 valence electrons. The highest BCUT2D eigenvalue weighted by atomic mass is 19.3. The molecule has 4 nitrogen and oxygen atoms in total. The average molecular weight is 443 g/mol. The van der Waals surface area contributed by atoms with E-state index in [4.69, 9.17) is 0 Å². The maximum atomic E-state index is 14.0. The summed E-state index contributed by atoms with van der Waals surface area (Å²) in [7, 11) is 0. The highest BCUT2D eigenvalue weighted by molar-refractivity contribution is 6.00. The number of halogens is 2. The first kappa shape index (κ1) is 24.2. The number of unbranched alkanes of at least 4 members (excludes halogenated alkanes) is 1. The first-order valence-corrected chi connectivity index (χ1v) is 11.5. The van der Waals surface area contributed by atoms with Gasteiger partial charge in [-0.25, -0.2) is 13.8 Å². The predicted molar refractivity (Wildman–Crippen MR) is 122 cm³/mol. The Kier molecular flexibility index (Phi) is 8.24. The van der Waals surface area contributed by atoms with Crippen LogP contribution >= 0.6 is 0 Å². The molecule has 2 atom stereocenters. The molecule has 1 N–H and O–H groups in total. The standard InChI is InChI=1S/C26H32F2N2O2/c1-3-24(31)23-16-20(15-22(30-23)18(2)19-9-5-4-6-10-19)25(32)12-8-7-11-21-13-14-29-17-26(21,27)28/h4-6,9-10,15-16,18,21,29H,3,7-8,11-14,17H2,1-2H3/t18-,21+/m0/s1. The molecule has 0 radical (unpaired) electrons. The Hall–Kier alpha value is -2.47. The van der Waals surface area contributed by atoms with Crippen molar-refractivity contribution in [2.75, 3.05) is 13.1 Å². The van der Waals surface area contributed by atoms with E-state index in [1.54, 1.807) is 19.1 Å². The number of rotatable bonds is 10. The molecular formula is C26H32F2N2O2. The topological polar surface area (TPSA) is 59.1 Å². The summed E-state index contributed by atoms with van der Waals surface area (Å²) in [6, 6.07) is 13.2. The number of pyridine rings is 1. The van der Waals surface area contributed by atoms with Gasteiger partial charge in [-0.1, -0.05) is 50.6 Å². The highest BCUT2D eigenvalue weighted by Crippen LogP contribution is 2.33. The van der Waals surface area contributed by atoms with Crippen molar-refractivity contribution in [3.8, 4) is 0 Å². The molecule has 0 amide bonds. The van der Waals surface area contributed by atoms with Crippen LogP contribution in [0.3, 0.4) is 0 Å². The number of Topliss-reactive ketones (excluding diaryl/α,β-unsaturated/α-hetero) is 2. The molecule has 1 saturated heterocycles. The van der Waals surface area contributed by atoms with Crippen LogP contribution in [0.4, 0.5) is 8.78 Å². The van der Waals surface area contributed by atoms with Gasteiger partial charge in [0.1, 0.15) is 5.69 Å². The molecule has 1 aliphatic heterocycles. The van der Waals surface area contributed by atoms with Gasteiger partial charge in [-0.15, -0.1) is 0 Å². The van der Waals surface area contributed by atoms with Crippen LogP contribution in [0.25, 0.3) is 0 Å².